The predicted octanol–water partition coefficient (Wildman–Crippen LogP) is 3.28. The maximum absolute atomic E-state index is 11.6. The van der Waals surface area contributed by atoms with Gasteiger partial charge >= 0.3 is 0 Å². The third kappa shape index (κ3) is 4.19. The van der Waals surface area contributed by atoms with Crippen molar-refractivity contribution < 1.29 is 9.46 Å². The molecule has 1 atom stereocenters. The maximum atomic E-state index is 11.6. The molecule has 0 saturated heterocycles. The second kappa shape index (κ2) is 7.61. The molecule has 154 valence electrons. The van der Waals surface area contributed by atoms with E-state index in [9.17, 15) is 9.46 Å². The molecule has 1 unspecified atom stereocenters. The first-order valence-electron chi connectivity index (χ1n) is 9.59. The van der Waals surface area contributed by atoms with E-state index in [1.54, 1.807) is 35.4 Å². The van der Waals surface area contributed by atoms with Crippen LogP contribution in [0.4, 0.5) is 0 Å². The second-order valence-electron chi connectivity index (χ2n) is 7.44. The van der Waals surface area contributed by atoms with Crippen molar-refractivity contribution in [2.24, 2.45) is 0 Å². The van der Waals surface area contributed by atoms with Crippen molar-refractivity contribution in [1.29, 1.82) is 0 Å². The van der Waals surface area contributed by atoms with Gasteiger partial charge in [-0.2, -0.15) is 0 Å². The fraction of sp³-hybridized carbons (Fsp3) is 0.143. The summed E-state index contributed by atoms with van der Waals surface area (Å²) in [6.07, 6.45) is 5.05. The topological polar surface area (TPSA) is 120 Å². The predicted molar refractivity (Wildman–Crippen MR) is 117 cm³/mol. The molecule has 31 heavy (non-hydrogen) atoms. The van der Waals surface area contributed by atoms with Gasteiger partial charge in [-0.15, -0.1) is 5.10 Å². The minimum Gasteiger partial charge on any atom is -0.344 e. The van der Waals surface area contributed by atoms with Gasteiger partial charge in [-0.1, -0.05) is 23.4 Å². The van der Waals surface area contributed by atoms with Crippen LogP contribution < -0.4 is 0 Å². The lowest BCUT2D eigenvalue weighted by Crippen LogP contribution is -2.04. The van der Waals surface area contributed by atoms with Crippen molar-refractivity contribution in [2.45, 2.75) is 12.7 Å². The number of pyridine rings is 2. The molecule has 0 amide bonds. The average Bonchev–Trinajstić information content (AvgIpc) is 3.15. The molecule has 0 spiro atoms. The molecule has 5 rings (SSSR count). The van der Waals surface area contributed by atoms with E-state index in [1.807, 2.05) is 24.3 Å². The Hall–Kier alpha value is -3.55. The monoisotopic (exact) mass is 431 g/mol. The SMILES string of the molecule is CP(=O)(O)Cc1ccc(-c2cnc3nnn(Cc4ccc5ncccc5c4)c3n2)nc1. The number of nitrogens with zero attached hydrogens (tertiary/aromatic N) is 7. The van der Waals surface area contributed by atoms with Crippen molar-refractivity contribution >= 4 is 29.6 Å². The quantitative estimate of drug-likeness (QED) is 0.421. The van der Waals surface area contributed by atoms with Crippen molar-refractivity contribution in [3.8, 4) is 11.4 Å². The summed E-state index contributed by atoms with van der Waals surface area (Å²) in [4.78, 5) is 27.3. The highest BCUT2D eigenvalue weighted by Gasteiger charge is 2.14. The fourth-order valence-corrected chi connectivity index (χ4v) is 4.25. The van der Waals surface area contributed by atoms with Crippen LogP contribution in [0.5, 0.6) is 0 Å². The first-order valence-corrected chi connectivity index (χ1v) is 11.9. The Morgan fingerprint density at radius 1 is 1.00 bits per heavy atom. The summed E-state index contributed by atoms with van der Waals surface area (Å²) in [6.45, 7) is 1.83. The summed E-state index contributed by atoms with van der Waals surface area (Å²) in [5.41, 5.74) is 4.89. The molecule has 0 aliphatic rings. The molecule has 1 aromatic carbocycles. The van der Waals surface area contributed by atoms with E-state index in [0.29, 0.717) is 34.8 Å². The number of hydrogen-bond acceptors (Lipinski definition) is 7. The van der Waals surface area contributed by atoms with E-state index in [0.717, 1.165) is 16.5 Å². The molecule has 4 aromatic heterocycles. The molecular weight excluding hydrogens is 413 g/mol. The molecule has 4 heterocycles. The lowest BCUT2D eigenvalue weighted by molar-refractivity contribution is 0.484. The normalized spacial score (nSPS) is 13.5. The van der Waals surface area contributed by atoms with Gasteiger partial charge in [0.25, 0.3) is 0 Å². The largest absolute Gasteiger partial charge is 0.344 e. The number of benzene rings is 1. The Morgan fingerprint density at radius 3 is 2.68 bits per heavy atom. The zero-order chi connectivity index (χ0) is 21.4. The summed E-state index contributed by atoms with van der Waals surface area (Å²) in [7, 11) is -3.15. The van der Waals surface area contributed by atoms with Crippen LogP contribution in [-0.2, 0) is 17.3 Å². The fourth-order valence-electron chi connectivity index (χ4n) is 3.39. The van der Waals surface area contributed by atoms with Crippen molar-refractivity contribution in [2.75, 3.05) is 6.66 Å². The van der Waals surface area contributed by atoms with Crippen LogP contribution in [0, 0.1) is 0 Å². The Labute approximate surface area is 177 Å². The Bertz CT molecular complexity index is 1440. The van der Waals surface area contributed by atoms with E-state index < -0.39 is 7.37 Å². The molecule has 0 bridgehead atoms. The Balaban J connectivity index is 1.46. The first-order chi connectivity index (χ1) is 14.9. The third-order valence-corrected chi connectivity index (χ3v) is 5.74. The van der Waals surface area contributed by atoms with Crippen LogP contribution in [-0.4, -0.2) is 46.5 Å². The standard InChI is InChI=1S/C21H18N7O2P/c1-31(29,30)13-15-5-7-18(23-10-15)19-11-24-20-21(25-19)28(27-26-20)12-14-4-6-17-16(9-14)3-2-8-22-17/h2-11H,12-13H2,1H3,(H,29,30). The molecular formula is C21H18N7O2P. The lowest BCUT2D eigenvalue weighted by atomic mass is 10.1. The number of fused-ring (bicyclic) bond motifs is 2. The number of hydrogen-bond donors (Lipinski definition) is 1. The van der Waals surface area contributed by atoms with Crippen LogP contribution in [0.15, 0.2) is 61.1 Å². The van der Waals surface area contributed by atoms with Crippen LogP contribution in [0.25, 0.3) is 33.6 Å². The summed E-state index contributed by atoms with van der Waals surface area (Å²) in [6, 6.07) is 13.5. The smallest absolute Gasteiger partial charge is 0.221 e. The minimum atomic E-state index is -3.15. The summed E-state index contributed by atoms with van der Waals surface area (Å²) < 4.78 is 13.3. The highest BCUT2D eigenvalue weighted by molar-refractivity contribution is 7.56. The zero-order valence-corrected chi connectivity index (χ0v) is 17.5. The highest BCUT2D eigenvalue weighted by atomic mass is 31.2. The molecule has 0 aliphatic carbocycles. The molecule has 10 heteroatoms. The van der Waals surface area contributed by atoms with Gasteiger partial charge in [0.1, 0.15) is 5.69 Å². The minimum absolute atomic E-state index is 0.0863. The van der Waals surface area contributed by atoms with Gasteiger partial charge in [-0.3, -0.25) is 14.5 Å². The van der Waals surface area contributed by atoms with Crippen LogP contribution >= 0.6 is 7.37 Å². The lowest BCUT2D eigenvalue weighted by Gasteiger charge is -2.06. The third-order valence-electron chi connectivity index (χ3n) is 4.79. The van der Waals surface area contributed by atoms with E-state index in [2.05, 4.69) is 36.3 Å². The maximum Gasteiger partial charge on any atom is 0.221 e. The summed E-state index contributed by atoms with van der Waals surface area (Å²) in [5.74, 6) is 0. The number of aromatic nitrogens is 7. The van der Waals surface area contributed by atoms with Gasteiger partial charge in [0.05, 0.1) is 30.1 Å². The number of rotatable bonds is 5. The molecule has 0 radical (unpaired) electrons. The summed E-state index contributed by atoms with van der Waals surface area (Å²) >= 11 is 0. The highest BCUT2D eigenvalue weighted by Crippen LogP contribution is 2.39. The van der Waals surface area contributed by atoms with E-state index in [-0.39, 0.29) is 6.16 Å². The van der Waals surface area contributed by atoms with E-state index in [1.165, 1.54) is 6.66 Å². The molecule has 0 aliphatic heterocycles. The average molecular weight is 431 g/mol. The molecule has 9 nitrogen and oxygen atoms in total. The van der Waals surface area contributed by atoms with Crippen molar-refractivity contribution in [1.82, 2.24) is 34.9 Å². The second-order valence-corrected chi connectivity index (χ2v) is 9.86. The molecule has 0 saturated carbocycles. The van der Waals surface area contributed by atoms with Crippen molar-refractivity contribution in [3.05, 3.63) is 72.2 Å². The molecule has 1 N–H and O–H groups in total. The van der Waals surface area contributed by atoms with Gasteiger partial charge in [0, 0.05) is 24.4 Å². The van der Waals surface area contributed by atoms with Crippen LogP contribution in [0.3, 0.4) is 0 Å². The zero-order valence-electron chi connectivity index (χ0n) is 16.6. The Kier molecular flexibility index (Phi) is 4.77. The van der Waals surface area contributed by atoms with E-state index >= 15 is 0 Å². The molecule has 5 aromatic rings. The first kappa shape index (κ1) is 19.4. The molecule has 0 fully saturated rings. The van der Waals surface area contributed by atoms with Crippen molar-refractivity contribution in [3.63, 3.8) is 0 Å². The Morgan fingerprint density at radius 2 is 1.87 bits per heavy atom. The van der Waals surface area contributed by atoms with Gasteiger partial charge < -0.3 is 4.89 Å². The van der Waals surface area contributed by atoms with Gasteiger partial charge in [-0.05, 0) is 35.4 Å². The van der Waals surface area contributed by atoms with Crippen LogP contribution in [0.2, 0.25) is 0 Å². The summed E-state index contributed by atoms with van der Waals surface area (Å²) in [5, 5.41) is 9.38. The van der Waals surface area contributed by atoms with Gasteiger partial charge in [0.2, 0.25) is 13.0 Å². The van der Waals surface area contributed by atoms with Crippen LogP contribution in [0.1, 0.15) is 11.1 Å². The van der Waals surface area contributed by atoms with Gasteiger partial charge in [0.15, 0.2) is 5.65 Å². The van der Waals surface area contributed by atoms with E-state index in [4.69, 9.17) is 0 Å². The van der Waals surface area contributed by atoms with Gasteiger partial charge in [-0.25, -0.2) is 14.6 Å².